The number of aliphatic imine (C=N–C) groups is 1. The number of carbonyl (C=O) groups is 1. The zero-order valence-corrected chi connectivity index (χ0v) is 16.9. The smallest absolute Gasteiger partial charge is 0.224 e. The molecule has 0 saturated carbocycles. The van der Waals surface area contributed by atoms with E-state index in [1.165, 1.54) is 5.56 Å². The highest BCUT2D eigenvalue weighted by molar-refractivity contribution is 5.90. The van der Waals surface area contributed by atoms with Gasteiger partial charge >= 0.3 is 0 Å². The molecule has 0 fully saturated rings. The molecule has 150 valence electrons. The Kier molecular flexibility index (Phi) is 8.34. The Morgan fingerprint density at radius 3 is 2.57 bits per heavy atom. The van der Waals surface area contributed by atoms with Gasteiger partial charge in [0.2, 0.25) is 5.91 Å². The number of hydrogen-bond acceptors (Lipinski definition) is 3. The molecule has 0 bridgehead atoms. The summed E-state index contributed by atoms with van der Waals surface area (Å²) < 4.78 is 5.15. The number of ether oxygens (including phenoxy) is 1. The Labute approximate surface area is 167 Å². The van der Waals surface area contributed by atoms with E-state index in [1.807, 2.05) is 62.4 Å². The van der Waals surface area contributed by atoms with Crippen LogP contribution in [0.2, 0.25) is 0 Å². The lowest BCUT2D eigenvalue weighted by Crippen LogP contribution is -2.33. The third-order valence-electron chi connectivity index (χ3n) is 4.12. The summed E-state index contributed by atoms with van der Waals surface area (Å²) in [5.41, 5.74) is 8.92. The average molecular weight is 383 g/mol. The van der Waals surface area contributed by atoms with Crippen LogP contribution < -0.4 is 21.1 Å². The minimum Gasteiger partial charge on any atom is -0.497 e. The maximum atomic E-state index is 11.9. The molecule has 0 aliphatic heterocycles. The minimum atomic E-state index is 0.0235. The van der Waals surface area contributed by atoms with Crippen molar-refractivity contribution >= 4 is 17.6 Å². The molecule has 0 atom stereocenters. The van der Waals surface area contributed by atoms with E-state index in [0.29, 0.717) is 31.4 Å². The number of nitrogens with zero attached hydrogens (tertiary/aromatic N) is 1. The third kappa shape index (κ3) is 7.70. The summed E-state index contributed by atoms with van der Waals surface area (Å²) >= 11 is 0. The Hall–Kier alpha value is -3.02. The Morgan fingerprint density at radius 1 is 1.14 bits per heavy atom. The van der Waals surface area contributed by atoms with Gasteiger partial charge in [0.15, 0.2) is 5.96 Å². The van der Waals surface area contributed by atoms with Crippen LogP contribution in [0.1, 0.15) is 31.4 Å². The van der Waals surface area contributed by atoms with Crippen molar-refractivity contribution in [1.82, 2.24) is 5.32 Å². The topological polar surface area (TPSA) is 88.7 Å². The van der Waals surface area contributed by atoms with E-state index in [9.17, 15) is 4.79 Å². The Morgan fingerprint density at radius 2 is 1.89 bits per heavy atom. The molecule has 0 heterocycles. The average Bonchev–Trinajstić information content (AvgIpc) is 2.66. The third-order valence-corrected chi connectivity index (χ3v) is 4.12. The molecule has 0 spiro atoms. The molecule has 2 aromatic rings. The van der Waals surface area contributed by atoms with Crippen molar-refractivity contribution in [3.8, 4) is 5.75 Å². The van der Waals surface area contributed by atoms with Gasteiger partial charge in [0.1, 0.15) is 5.75 Å². The van der Waals surface area contributed by atoms with Crippen LogP contribution in [-0.4, -0.2) is 25.5 Å². The Balaban J connectivity index is 1.80. The fourth-order valence-electron chi connectivity index (χ4n) is 2.69. The van der Waals surface area contributed by atoms with Gasteiger partial charge in [-0.05, 0) is 47.7 Å². The maximum absolute atomic E-state index is 11.9. The Bertz CT molecular complexity index is 785. The van der Waals surface area contributed by atoms with Gasteiger partial charge in [-0.15, -0.1) is 0 Å². The van der Waals surface area contributed by atoms with Gasteiger partial charge in [0, 0.05) is 18.7 Å². The molecular weight excluding hydrogens is 352 g/mol. The second-order valence-corrected chi connectivity index (χ2v) is 7.07. The maximum Gasteiger partial charge on any atom is 0.224 e. The van der Waals surface area contributed by atoms with Gasteiger partial charge < -0.3 is 21.1 Å². The zero-order valence-electron chi connectivity index (χ0n) is 16.9. The number of anilines is 1. The molecular formula is C22H30N4O2. The van der Waals surface area contributed by atoms with E-state index < -0.39 is 0 Å². The van der Waals surface area contributed by atoms with Crippen LogP contribution in [0, 0.1) is 5.92 Å². The van der Waals surface area contributed by atoms with Crippen molar-refractivity contribution < 1.29 is 9.53 Å². The molecule has 0 unspecified atom stereocenters. The predicted octanol–water partition coefficient (Wildman–Crippen LogP) is 3.33. The molecule has 0 aliphatic rings. The lowest BCUT2D eigenvalue weighted by atomic mass is 10.1. The van der Waals surface area contributed by atoms with Gasteiger partial charge in [-0.25, -0.2) is 4.99 Å². The zero-order chi connectivity index (χ0) is 20.4. The van der Waals surface area contributed by atoms with Crippen LogP contribution in [0.15, 0.2) is 53.5 Å². The highest BCUT2D eigenvalue weighted by Gasteiger charge is 2.05. The highest BCUT2D eigenvalue weighted by Crippen LogP contribution is 2.13. The van der Waals surface area contributed by atoms with E-state index in [1.54, 1.807) is 7.11 Å². The first-order valence-electron chi connectivity index (χ1n) is 9.51. The van der Waals surface area contributed by atoms with Crippen molar-refractivity contribution in [2.75, 3.05) is 19.0 Å². The lowest BCUT2D eigenvalue weighted by Gasteiger charge is -2.09. The van der Waals surface area contributed by atoms with Crippen molar-refractivity contribution in [2.45, 2.75) is 33.2 Å². The van der Waals surface area contributed by atoms with E-state index in [-0.39, 0.29) is 5.91 Å². The van der Waals surface area contributed by atoms with E-state index in [2.05, 4.69) is 15.6 Å². The van der Waals surface area contributed by atoms with Crippen LogP contribution in [-0.2, 0) is 17.8 Å². The van der Waals surface area contributed by atoms with Crippen LogP contribution >= 0.6 is 0 Å². The van der Waals surface area contributed by atoms with Crippen LogP contribution in [0.4, 0.5) is 5.69 Å². The number of amides is 1. The van der Waals surface area contributed by atoms with Gasteiger partial charge in [-0.3, -0.25) is 4.79 Å². The summed E-state index contributed by atoms with van der Waals surface area (Å²) in [5.74, 6) is 1.61. The fourth-order valence-corrected chi connectivity index (χ4v) is 2.69. The number of nitrogens with one attached hydrogen (secondary N) is 2. The molecule has 1 amide bonds. The first-order chi connectivity index (χ1) is 13.5. The van der Waals surface area contributed by atoms with E-state index >= 15 is 0 Å². The second kappa shape index (κ2) is 11.0. The molecule has 6 nitrogen and oxygen atoms in total. The number of rotatable bonds is 9. The van der Waals surface area contributed by atoms with E-state index in [0.717, 1.165) is 23.4 Å². The van der Waals surface area contributed by atoms with Gasteiger partial charge in [0.25, 0.3) is 0 Å². The molecule has 28 heavy (non-hydrogen) atoms. The molecule has 0 saturated heterocycles. The van der Waals surface area contributed by atoms with Crippen molar-refractivity contribution in [3.63, 3.8) is 0 Å². The summed E-state index contributed by atoms with van der Waals surface area (Å²) in [6, 6.07) is 15.6. The quantitative estimate of drug-likeness (QED) is 0.458. The highest BCUT2D eigenvalue weighted by atomic mass is 16.5. The molecule has 2 rings (SSSR count). The standard InChI is InChI=1S/C22H30N4O2/c1-16(2)13-21(27)26-19-6-4-5-18(14-19)15-25-22(23)24-12-11-17-7-9-20(28-3)10-8-17/h4-10,14,16H,11-13,15H2,1-3H3,(H,26,27)(H3,23,24,25). The van der Waals surface area contributed by atoms with Crippen LogP contribution in [0.25, 0.3) is 0 Å². The first kappa shape index (κ1) is 21.3. The summed E-state index contributed by atoms with van der Waals surface area (Å²) in [5, 5.41) is 6.04. The minimum absolute atomic E-state index is 0.0235. The first-order valence-corrected chi connectivity index (χ1v) is 9.51. The van der Waals surface area contributed by atoms with Gasteiger partial charge in [0.05, 0.1) is 13.7 Å². The largest absolute Gasteiger partial charge is 0.497 e. The summed E-state index contributed by atoms with van der Waals surface area (Å²) in [6.07, 6.45) is 1.35. The number of carbonyl (C=O) groups excluding carboxylic acids is 1. The van der Waals surface area contributed by atoms with E-state index in [4.69, 9.17) is 10.5 Å². The molecule has 0 radical (unpaired) electrons. The normalized spacial score (nSPS) is 11.4. The number of nitrogens with two attached hydrogens (primary N) is 1. The molecule has 2 aromatic carbocycles. The predicted molar refractivity (Wildman–Crippen MR) is 115 cm³/mol. The van der Waals surface area contributed by atoms with Crippen molar-refractivity contribution in [2.24, 2.45) is 16.6 Å². The molecule has 0 aromatic heterocycles. The van der Waals surface area contributed by atoms with Crippen molar-refractivity contribution in [3.05, 3.63) is 59.7 Å². The fraction of sp³-hybridized carbons (Fsp3) is 0.364. The van der Waals surface area contributed by atoms with Crippen LogP contribution in [0.3, 0.4) is 0 Å². The number of hydrogen-bond donors (Lipinski definition) is 3. The molecule has 6 heteroatoms. The SMILES string of the molecule is COc1ccc(CCNC(N)=NCc2cccc(NC(=O)CC(C)C)c2)cc1. The number of guanidine groups is 1. The summed E-state index contributed by atoms with van der Waals surface area (Å²) in [4.78, 5) is 16.3. The lowest BCUT2D eigenvalue weighted by molar-refractivity contribution is -0.116. The van der Waals surface area contributed by atoms with Crippen LogP contribution in [0.5, 0.6) is 5.75 Å². The summed E-state index contributed by atoms with van der Waals surface area (Å²) in [6.45, 7) is 5.20. The molecule has 0 aliphatic carbocycles. The second-order valence-electron chi connectivity index (χ2n) is 7.07. The molecule has 4 N–H and O–H groups in total. The summed E-state index contributed by atoms with van der Waals surface area (Å²) in [7, 11) is 1.66. The number of methoxy groups -OCH3 is 1. The van der Waals surface area contributed by atoms with Crippen molar-refractivity contribution in [1.29, 1.82) is 0 Å². The van der Waals surface area contributed by atoms with Gasteiger partial charge in [-0.2, -0.15) is 0 Å². The monoisotopic (exact) mass is 382 g/mol. The van der Waals surface area contributed by atoms with Gasteiger partial charge in [-0.1, -0.05) is 38.1 Å². The number of benzene rings is 2.